The molecule has 4 heteroatoms. The van der Waals surface area contributed by atoms with Crippen molar-refractivity contribution in [3.05, 3.63) is 0 Å². The van der Waals surface area contributed by atoms with Gasteiger partial charge in [0, 0.05) is 33.2 Å². The second kappa shape index (κ2) is 6.08. The second-order valence-electron chi connectivity index (χ2n) is 4.57. The third kappa shape index (κ3) is 4.62. The predicted octanol–water partition coefficient (Wildman–Crippen LogP) is 1.07. The van der Waals surface area contributed by atoms with Gasteiger partial charge in [-0.25, -0.2) is 0 Å². The highest BCUT2D eigenvalue weighted by Gasteiger charge is 2.25. The Bertz CT molecular complexity index is 208. The number of carboxylic acids is 1. The molecule has 1 N–H and O–H groups in total. The summed E-state index contributed by atoms with van der Waals surface area (Å²) in [4.78, 5) is 12.9. The summed E-state index contributed by atoms with van der Waals surface area (Å²) >= 11 is 0. The molecule has 1 saturated heterocycles. The van der Waals surface area contributed by atoms with Gasteiger partial charge in [0.2, 0.25) is 0 Å². The first-order chi connectivity index (χ1) is 7.11. The van der Waals surface area contributed by atoms with Crippen LogP contribution in [0.15, 0.2) is 0 Å². The first-order valence-electron chi connectivity index (χ1n) is 5.55. The Kier molecular flexibility index (Phi) is 5.05. The van der Waals surface area contributed by atoms with Gasteiger partial charge >= 0.3 is 5.97 Å². The summed E-state index contributed by atoms with van der Waals surface area (Å²) < 4.78 is 5.08. The number of nitrogens with zero attached hydrogens (tertiary/aromatic N) is 1. The number of likely N-dealkylation sites (tertiary alicyclic amines) is 1. The molecule has 88 valence electrons. The van der Waals surface area contributed by atoms with Gasteiger partial charge in [-0.1, -0.05) is 6.92 Å². The Morgan fingerprint density at radius 1 is 1.67 bits per heavy atom. The summed E-state index contributed by atoms with van der Waals surface area (Å²) in [5, 5.41) is 8.69. The van der Waals surface area contributed by atoms with Crippen LogP contribution in [-0.4, -0.2) is 49.3 Å². The smallest absolute Gasteiger partial charge is 0.303 e. The number of aliphatic carboxylic acids is 1. The molecule has 2 unspecified atom stereocenters. The van der Waals surface area contributed by atoms with Crippen molar-refractivity contribution in [2.45, 2.75) is 19.8 Å². The van der Waals surface area contributed by atoms with Gasteiger partial charge in [0.15, 0.2) is 0 Å². The van der Waals surface area contributed by atoms with Gasteiger partial charge in [-0.05, 0) is 24.8 Å². The molecule has 0 saturated carbocycles. The molecule has 0 aliphatic carbocycles. The highest BCUT2D eigenvalue weighted by Crippen LogP contribution is 2.20. The third-order valence-electron chi connectivity index (χ3n) is 2.85. The number of rotatable bonds is 6. The van der Waals surface area contributed by atoms with Gasteiger partial charge in [-0.3, -0.25) is 4.79 Å². The van der Waals surface area contributed by atoms with Crippen molar-refractivity contribution in [1.82, 2.24) is 4.90 Å². The minimum Gasteiger partial charge on any atom is -0.481 e. The number of ether oxygens (including phenoxy) is 1. The number of hydrogen-bond acceptors (Lipinski definition) is 3. The Morgan fingerprint density at radius 3 is 3.00 bits per heavy atom. The van der Waals surface area contributed by atoms with Crippen molar-refractivity contribution in [3.8, 4) is 0 Å². The molecule has 1 aliphatic heterocycles. The van der Waals surface area contributed by atoms with E-state index in [0.717, 1.165) is 32.7 Å². The van der Waals surface area contributed by atoms with Crippen LogP contribution in [0.5, 0.6) is 0 Å². The van der Waals surface area contributed by atoms with E-state index in [9.17, 15) is 4.79 Å². The first kappa shape index (κ1) is 12.5. The molecule has 0 aromatic rings. The lowest BCUT2D eigenvalue weighted by Crippen LogP contribution is -2.28. The van der Waals surface area contributed by atoms with E-state index in [-0.39, 0.29) is 0 Å². The van der Waals surface area contributed by atoms with E-state index in [1.54, 1.807) is 7.11 Å². The fourth-order valence-corrected chi connectivity index (χ4v) is 2.27. The first-order valence-corrected chi connectivity index (χ1v) is 5.55. The van der Waals surface area contributed by atoms with E-state index in [1.165, 1.54) is 0 Å². The Morgan fingerprint density at radius 2 is 2.40 bits per heavy atom. The standard InChI is InChI=1S/C11H21NO3/c1-9(8-15-2)6-12-4-3-10(7-12)5-11(13)14/h9-10H,3-8H2,1-2H3,(H,13,14). The summed E-state index contributed by atoms with van der Waals surface area (Å²) in [7, 11) is 1.72. The monoisotopic (exact) mass is 215 g/mol. The van der Waals surface area contributed by atoms with Crippen molar-refractivity contribution in [3.63, 3.8) is 0 Å². The molecule has 1 heterocycles. The van der Waals surface area contributed by atoms with E-state index < -0.39 is 5.97 Å². The van der Waals surface area contributed by atoms with Gasteiger partial charge in [0.05, 0.1) is 0 Å². The van der Waals surface area contributed by atoms with E-state index in [1.807, 2.05) is 0 Å². The quantitative estimate of drug-likeness (QED) is 0.720. The fraction of sp³-hybridized carbons (Fsp3) is 0.909. The molecular formula is C11H21NO3. The van der Waals surface area contributed by atoms with Crippen LogP contribution in [0.3, 0.4) is 0 Å². The summed E-state index contributed by atoms with van der Waals surface area (Å²) in [6.45, 7) is 5.92. The Hall–Kier alpha value is -0.610. The Labute approximate surface area is 91.2 Å². The number of carboxylic acid groups (broad SMARTS) is 1. The van der Waals surface area contributed by atoms with Crippen LogP contribution in [-0.2, 0) is 9.53 Å². The van der Waals surface area contributed by atoms with Crippen molar-refractivity contribution in [2.75, 3.05) is 33.4 Å². The SMILES string of the molecule is COCC(C)CN1CCC(CC(=O)O)C1. The molecule has 0 bridgehead atoms. The van der Waals surface area contributed by atoms with E-state index in [4.69, 9.17) is 9.84 Å². The number of carbonyl (C=O) groups is 1. The second-order valence-corrected chi connectivity index (χ2v) is 4.57. The summed E-state index contributed by atoms with van der Waals surface area (Å²) in [6, 6.07) is 0. The van der Waals surface area contributed by atoms with Crippen LogP contribution in [0.4, 0.5) is 0 Å². The fourth-order valence-electron chi connectivity index (χ4n) is 2.27. The molecule has 1 fully saturated rings. The van der Waals surface area contributed by atoms with Crippen molar-refractivity contribution in [2.24, 2.45) is 11.8 Å². The minimum absolute atomic E-state index is 0.315. The van der Waals surface area contributed by atoms with Crippen molar-refractivity contribution in [1.29, 1.82) is 0 Å². The lowest BCUT2D eigenvalue weighted by molar-refractivity contribution is -0.138. The molecule has 2 atom stereocenters. The van der Waals surface area contributed by atoms with Crippen LogP contribution in [0.2, 0.25) is 0 Å². The molecule has 4 nitrogen and oxygen atoms in total. The maximum absolute atomic E-state index is 10.5. The van der Waals surface area contributed by atoms with Crippen LogP contribution >= 0.6 is 0 Å². The molecule has 15 heavy (non-hydrogen) atoms. The normalized spacial score (nSPS) is 24.3. The maximum atomic E-state index is 10.5. The topological polar surface area (TPSA) is 49.8 Å². The molecule has 1 rings (SSSR count). The third-order valence-corrected chi connectivity index (χ3v) is 2.85. The zero-order valence-corrected chi connectivity index (χ0v) is 9.61. The highest BCUT2D eigenvalue weighted by atomic mass is 16.5. The van der Waals surface area contributed by atoms with Crippen LogP contribution in [0, 0.1) is 11.8 Å². The molecule has 0 aromatic heterocycles. The molecule has 1 aliphatic rings. The van der Waals surface area contributed by atoms with Crippen LogP contribution in [0.1, 0.15) is 19.8 Å². The zero-order chi connectivity index (χ0) is 11.3. The molecule has 0 spiro atoms. The largest absolute Gasteiger partial charge is 0.481 e. The van der Waals surface area contributed by atoms with Gasteiger partial charge in [0.1, 0.15) is 0 Å². The predicted molar refractivity (Wildman–Crippen MR) is 57.8 cm³/mol. The highest BCUT2D eigenvalue weighted by molar-refractivity contribution is 5.67. The van der Waals surface area contributed by atoms with Gasteiger partial charge in [0.25, 0.3) is 0 Å². The molecule has 0 radical (unpaired) electrons. The van der Waals surface area contributed by atoms with E-state index in [2.05, 4.69) is 11.8 Å². The average molecular weight is 215 g/mol. The minimum atomic E-state index is -0.674. The zero-order valence-electron chi connectivity index (χ0n) is 9.61. The summed E-state index contributed by atoms with van der Waals surface area (Å²) in [5.74, 6) is 0.197. The molecular weight excluding hydrogens is 194 g/mol. The molecule has 0 amide bonds. The van der Waals surface area contributed by atoms with Crippen LogP contribution < -0.4 is 0 Å². The van der Waals surface area contributed by atoms with Crippen molar-refractivity contribution >= 4 is 5.97 Å². The van der Waals surface area contributed by atoms with Crippen LogP contribution in [0.25, 0.3) is 0 Å². The van der Waals surface area contributed by atoms with Gasteiger partial charge in [-0.2, -0.15) is 0 Å². The summed E-state index contributed by atoms with van der Waals surface area (Å²) in [6.07, 6.45) is 1.33. The number of hydrogen-bond donors (Lipinski definition) is 1. The lowest BCUT2D eigenvalue weighted by atomic mass is 10.1. The molecule has 0 aromatic carbocycles. The van der Waals surface area contributed by atoms with Crippen molar-refractivity contribution < 1.29 is 14.6 Å². The lowest BCUT2D eigenvalue weighted by Gasteiger charge is -2.20. The van der Waals surface area contributed by atoms with Gasteiger partial charge < -0.3 is 14.7 Å². The average Bonchev–Trinajstić information content (AvgIpc) is 2.51. The number of methoxy groups -OCH3 is 1. The maximum Gasteiger partial charge on any atom is 0.303 e. The van der Waals surface area contributed by atoms with E-state index >= 15 is 0 Å². The van der Waals surface area contributed by atoms with Gasteiger partial charge in [-0.15, -0.1) is 0 Å². The Balaban J connectivity index is 2.21. The summed E-state index contributed by atoms with van der Waals surface area (Å²) in [5.41, 5.74) is 0. The van der Waals surface area contributed by atoms with E-state index in [0.29, 0.717) is 18.3 Å².